The summed E-state index contributed by atoms with van der Waals surface area (Å²) in [5.74, 6) is 2.05. The molecule has 8 atom stereocenters. The summed E-state index contributed by atoms with van der Waals surface area (Å²) in [6.45, 7) is 18.5. The van der Waals surface area contributed by atoms with Crippen molar-refractivity contribution in [3.63, 3.8) is 0 Å². The Balaban J connectivity index is 1.58. The van der Waals surface area contributed by atoms with E-state index in [9.17, 15) is 5.11 Å². The minimum Gasteiger partial charge on any atom is -0.393 e. The monoisotopic (exact) mass is 441 g/mol. The average molecular weight is 442 g/mol. The van der Waals surface area contributed by atoms with Crippen LogP contribution in [0.3, 0.4) is 0 Å². The van der Waals surface area contributed by atoms with Gasteiger partial charge in [-0.3, -0.25) is 0 Å². The summed E-state index contributed by atoms with van der Waals surface area (Å²) >= 11 is 0. The molecule has 0 amide bonds. The van der Waals surface area contributed by atoms with Crippen molar-refractivity contribution in [1.82, 2.24) is 0 Å². The molecule has 2 nitrogen and oxygen atoms in total. The topological polar surface area (TPSA) is 46.2 Å². The molecule has 0 aromatic heterocycles. The summed E-state index contributed by atoms with van der Waals surface area (Å²) in [6.07, 6.45) is 15.3. The van der Waals surface area contributed by atoms with Gasteiger partial charge in [0.2, 0.25) is 0 Å². The Bertz CT molecular complexity index is 812. The molecule has 5 aliphatic carbocycles. The van der Waals surface area contributed by atoms with E-state index in [1.165, 1.54) is 57.8 Å². The van der Waals surface area contributed by atoms with Crippen LogP contribution in [0.1, 0.15) is 113 Å². The maximum atomic E-state index is 10.9. The van der Waals surface area contributed by atoms with Gasteiger partial charge in [0.1, 0.15) is 0 Å². The predicted molar refractivity (Wildman–Crippen MR) is 134 cm³/mol. The molecule has 0 aliphatic heterocycles. The van der Waals surface area contributed by atoms with Crippen molar-refractivity contribution in [2.75, 3.05) is 6.54 Å². The van der Waals surface area contributed by atoms with Gasteiger partial charge >= 0.3 is 0 Å². The third-order valence-electron chi connectivity index (χ3n) is 13.2. The highest BCUT2D eigenvalue weighted by atomic mass is 16.3. The number of allylic oxidation sites excluding steroid dienone is 2. The van der Waals surface area contributed by atoms with E-state index in [0.717, 1.165) is 18.9 Å². The lowest BCUT2D eigenvalue weighted by atomic mass is 9.33. The SMILES string of the molecule is CC1(C)CC[C@]2(CN)CC[C@]3(C)C(=CCC4[C@@]5(C)CC[C@H](O)C(C)(C)C5CC[C@]43C)[C@@H]2C1. The fraction of sp³-hybridized carbons (Fsp3) is 0.933. The minimum absolute atomic E-state index is 0.0356. The van der Waals surface area contributed by atoms with E-state index in [-0.39, 0.29) is 11.5 Å². The molecule has 0 heterocycles. The van der Waals surface area contributed by atoms with Crippen LogP contribution in [0.4, 0.5) is 0 Å². The highest BCUT2D eigenvalue weighted by Crippen LogP contribution is 2.75. The normalized spacial score (nSPS) is 53.8. The van der Waals surface area contributed by atoms with Gasteiger partial charge < -0.3 is 10.8 Å². The molecule has 0 aromatic rings. The van der Waals surface area contributed by atoms with E-state index in [2.05, 4.69) is 54.5 Å². The van der Waals surface area contributed by atoms with Gasteiger partial charge in [0.25, 0.3) is 0 Å². The van der Waals surface area contributed by atoms with Crippen molar-refractivity contribution in [1.29, 1.82) is 0 Å². The van der Waals surface area contributed by atoms with Crippen LogP contribution in [0.15, 0.2) is 11.6 Å². The molecule has 0 radical (unpaired) electrons. The number of aliphatic hydroxyl groups excluding tert-OH is 1. The van der Waals surface area contributed by atoms with Gasteiger partial charge in [0.15, 0.2) is 0 Å². The summed E-state index contributed by atoms with van der Waals surface area (Å²) < 4.78 is 0. The van der Waals surface area contributed by atoms with E-state index in [4.69, 9.17) is 5.73 Å². The molecule has 0 bridgehead atoms. The molecule has 5 aliphatic rings. The number of fused-ring (bicyclic) bond motifs is 7. The Labute approximate surface area is 198 Å². The number of rotatable bonds is 1. The van der Waals surface area contributed by atoms with Crippen LogP contribution in [-0.2, 0) is 0 Å². The molecular weight excluding hydrogens is 390 g/mol. The summed E-state index contributed by atoms with van der Waals surface area (Å²) in [7, 11) is 0. The molecule has 32 heavy (non-hydrogen) atoms. The smallest absolute Gasteiger partial charge is 0.0594 e. The molecule has 0 spiro atoms. The first-order valence-electron chi connectivity index (χ1n) is 13.8. The average Bonchev–Trinajstić information content (AvgIpc) is 2.71. The lowest BCUT2D eigenvalue weighted by molar-refractivity contribution is -0.203. The van der Waals surface area contributed by atoms with E-state index in [0.29, 0.717) is 38.9 Å². The zero-order valence-electron chi connectivity index (χ0n) is 22.2. The molecule has 2 heteroatoms. The van der Waals surface area contributed by atoms with Gasteiger partial charge in [-0.25, -0.2) is 0 Å². The number of hydrogen-bond donors (Lipinski definition) is 2. The summed E-state index contributed by atoms with van der Waals surface area (Å²) in [5, 5.41) is 10.9. The van der Waals surface area contributed by atoms with E-state index in [1.54, 1.807) is 0 Å². The van der Waals surface area contributed by atoms with Gasteiger partial charge in [-0.05, 0) is 121 Å². The van der Waals surface area contributed by atoms with Crippen molar-refractivity contribution in [2.24, 2.45) is 56.0 Å². The van der Waals surface area contributed by atoms with Crippen molar-refractivity contribution in [3.05, 3.63) is 11.6 Å². The van der Waals surface area contributed by atoms with Crippen molar-refractivity contribution >= 4 is 0 Å². The van der Waals surface area contributed by atoms with E-state index in [1.807, 2.05) is 5.57 Å². The van der Waals surface area contributed by atoms with Gasteiger partial charge in [-0.15, -0.1) is 0 Å². The Morgan fingerprint density at radius 3 is 2.25 bits per heavy atom. The maximum absolute atomic E-state index is 10.9. The minimum atomic E-state index is -0.139. The third kappa shape index (κ3) is 2.78. The van der Waals surface area contributed by atoms with Gasteiger partial charge in [0.05, 0.1) is 6.10 Å². The second-order valence-corrected chi connectivity index (χ2v) is 15.2. The van der Waals surface area contributed by atoms with Gasteiger partial charge in [-0.2, -0.15) is 0 Å². The molecule has 5 rings (SSSR count). The van der Waals surface area contributed by atoms with E-state index >= 15 is 0 Å². The molecule has 0 saturated heterocycles. The molecule has 2 unspecified atom stereocenters. The van der Waals surface area contributed by atoms with Crippen LogP contribution in [0.25, 0.3) is 0 Å². The second-order valence-electron chi connectivity index (χ2n) is 15.2. The first kappa shape index (κ1) is 23.4. The fourth-order valence-electron chi connectivity index (χ4n) is 10.7. The van der Waals surface area contributed by atoms with Gasteiger partial charge in [0, 0.05) is 0 Å². The number of nitrogens with two attached hydrogens (primary N) is 1. The van der Waals surface area contributed by atoms with Crippen molar-refractivity contribution in [3.8, 4) is 0 Å². The van der Waals surface area contributed by atoms with Crippen LogP contribution in [-0.4, -0.2) is 17.8 Å². The summed E-state index contributed by atoms with van der Waals surface area (Å²) in [6, 6.07) is 0. The molecule has 3 N–H and O–H groups in total. The Morgan fingerprint density at radius 2 is 1.56 bits per heavy atom. The highest BCUT2D eigenvalue weighted by molar-refractivity contribution is 5.34. The molecule has 0 aromatic carbocycles. The maximum Gasteiger partial charge on any atom is 0.0594 e. The largest absolute Gasteiger partial charge is 0.393 e. The molecule has 4 saturated carbocycles. The lowest BCUT2D eigenvalue weighted by Gasteiger charge is -2.71. The molecule has 4 fully saturated rings. The summed E-state index contributed by atoms with van der Waals surface area (Å²) in [4.78, 5) is 0. The van der Waals surface area contributed by atoms with Crippen LogP contribution in [0.2, 0.25) is 0 Å². The van der Waals surface area contributed by atoms with Crippen molar-refractivity contribution in [2.45, 2.75) is 119 Å². The molecule has 182 valence electrons. The first-order chi connectivity index (χ1) is 14.8. The lowest BCUT2D eigenvalue weighted by Crippen LogP contribution is -2.65. The first-order valence-corrected chi connectivity index (χ1v) is 13.8. The van der Waals surface area contributed by atoms with Crippen LogP contribution >= 0.6 is 0 Å². The zero-order valence-corrected chi connectivity index (χ0v) is 22.2. The Kier molecular flexibility index (Phi) is 5.02. The third-order valence-corrected chi connectivity index (χ3v) is 13.2. The van der Waals surface area contributed by atoms with Crippen LogP contribution in [0.5, 0.6) is 0 Å². The van der Waals surface area contributed by atoms with E-state index < -0.39 is 0 Å². The van der Waals surface area contributed by atoms with Crippen molar-refractivity contribution < 1.29 is 5.11 Å². The van der Waals surface area contributed by atoms with Crippen LogP contribution in [0, 0.1) is 50.2 Å². The standard InChI is InChI=1S/C30H51NO/c1-25(2)14-16-30(19-31)17-15-28(6)20(21(30)18-25)8-9-23-27(5)12-11-24(32)26(3,4)22(27)10-13-29(23,28)7/h8,21-24,32H,9-19,31H2,1-7H3/t21-,22?,23?,24-,27-,28+,29+,30+/m0/s1. The number of aliphatic hydroxyl groups is 1. The molecular formula is C30H51NO. The van der Waals surface area contributed by atoms with Crippen LogP contribution < -0.4 is 5.73 Å². The number of hydrogen-bond acceptors (Lipinski definition) is 2. The highest BCUT2D eigenvalue weighted by Gasteiger charge is 2.68. The zero-order chi connectivity index (χ0) is 23.4. The fourth-order valence-corrected chi connectivity index (χ4v) is 10.7. The quantitative estimate of drug-likeness (QED) is 0.426. The van der Waals surface area contributed by atoms with Gasteiger partial charge in [-0.1, -0.05) is 60.1 Å². The Morgan fingerprint density at radius 1 is 0.875 bits per heavy atom. The second kappa shape index (κ2) is 6.87. The Hall–Kier alpha value is -0.340. The summed E-state index contributed by atoms with van der Waals surface area (Å²) in [5.41, 5.74) is 10.2. The predicted octanol–water partition coefficient (Wildman–Crippen LogP) is 7.11.